The molecule has 0 saturated heterocycles. The van der Waals surface area contributed by atoms with Gasteiger partial charge in [0.05, 0.1) is 0 Å². The molecular weight excluding hydrogens is 329 g/mol. The molecule has 3 rings (SSSR count). The predicted molar refractivity (Wildman–Crippen MR) is 88.7 cm³/mol. The van der Waals surface area contributed by atoms with Crippen LogP contribution in [0.25, 0.3) is 10.8 Å². The van der Waals surface area contributed by atoms with E-state index in [1.165, 1.54) is 6.07 Å². The largest absolute Gasteiger partial charge is 0.324 e. The summed E-state index contributed by atoms with van der Waals surface area (Å²) in [5.74, 6) is -0.205. The molecule has 0 spiro atoms. The number of halogens is 2. The summed E-state index contributed by atoms with van der Waals surface area (Å²) in [6, 6.07) is 18.7. The van der Waals surface area contributed by atoms with E-state index in [0.717, 1.165) is 27.4 Å². The van der Waals surface area contributed by atoms with Gasteiger partial charge in [0.2, 0.25) is 0 Å². The second-order valence-corrected chi connectivity index (χ2v) is 6.04. The molecular formula is C18H15BrFN. The van der Waals surface area contributed by atoms with E-state index in [0.29, 0.717) is 5.39 Å². The Bertz CT molecular complexity index is 785. The van der Waals surface area contributed by atoms with Crippen LogP contribution in [0, 0.1) is 5.82 Å². The standard InChI is InChI=1S/C18H15BrFN/c19-13-5-3-4-12(10-13)11-18(21)16-8-9-17(20)15-7-2-1-6-14(15)16/h1-10,18H,11,21H2. The number of benzene rings is 3. The minimum Gasteiger partial charge on any atom is -0.324 e. The van der Waals surface area contributed by atoms with Gasteiger partial charge in [-0.3, -0.25) is 0 Å². The Morgan fingerprint density at radius 1 is 0.952 bits per heavy atom. The highest BCUT2D eigenvalue weighted by Gasteiger charge is 2.12. The Morgan fingerprint density at radius 3 is 2.48 bits per heavy atom. The van der Waals surface area contributed by atoms with Crippen LogP contribution in [-0.2, 0) is 6.42 Å². The third kappa shape index (κ3) is 2.99. The van der Waals surface area contributed by atoms with Gasteiger partial charge in [0.25, 0.3) is 0 Å². The van der Waals surface area contributed by atoms with Gasteiger partial charge < -0.3 is 5.73 Å². The van der Waals surface area contributed by atoms with Crippen LogP contribution in [0.15, 0.2) is 65.1 Å². The molecule has 0 aliphatic carbocycles. The number of nitrogens with two attached hydrogens (primary N) is 1. The summed E-state index contributed by atoms with van der Waals surface area (Å²) in [5, 5.41) is 1.51. The Balaban J connectivity index is 1.98. The fraction of sp³-hybridized carbons (Fsp3) is 0.111. The average molecular weight is 344 g/mol. The van der Waals surface area contributed by atoms with Gasteiger partial charge in [-0.2, -0.15) is 0 Å². The lowest BCUT2D eigenvalue weighted by molar-refractivity contribution is 0.637. The summed E-state index contributed by atoms with van der Waals surface area (Å²) in [7, 11) is 0. The Kier molecular flexibility index (Phi) is 4.04. The molecule has 0 aliphatic heterocycles. The van der Waals surface area contributed by atoms with Gasteiger partial charge in [0.1, 0.15) is 5.82 Å². The van der Waals surface area contributed by atoms with Crippen LogP contribution in [0.5, 0.6) is 0 Å². The highest BCUT2D eigenvalue weighted by Crippen LogP contribution is 2.27. The van der Waals surface area contributed by atoms with E-state index < -0.39 is 0 Å². The summed E-state index contributed by atoms with van der Waals surface area (Å²) in [5.41, 5.74) is 8.49. The quantitative estimate of drug-likeness (QED) is 0.712. The summed E-state index contributed by atoms with van der Waals surface area (Å²) in [6.45, 7) is 0. The first kappa shape index (κ1) is 14.2. The maximum Gasteiger partial charge on any atom is 0.131 e. The molecule has 0 radical (unpaired) electrons. The highest BCUT2D eigenvalue weighted by molar-refractivity contribution is 9.10. The van der Waals surface area contributed by atoms with Crippen LogP contribution in [0.3, 0.4) is 0 Å². The number of rotatable bonds is 3. The van der Waals surface area contributed by atoms with Crippen molar-refractivity contribution in [1.29, 1.82) is 0 Å². The summed E-state index contributed by atoms with van der Waals surface area (Å²) < 4.78 is 14.9. The van der Waals surface area contributed by atoms with E-state index in [1.807, 2.05) is 30.3 Å². The van der Waals surface area contributed by atoms with E-state index in [1.54, 1.807) is 12.1 Å². The summed E-state index contributed by atoms with van der Waals surface area (Å²) >= 11 is 3.47. The lowest BCUT2D eigenvalue weighted by Gasteiger charge is -2.15. The zero-order valence-corrected chi connectivity index (χ0v) is 13.0. The van der Waals surface area contributed by atoms with Crippen LogP contribution in [0.2, 0.25) is 0 Å². The van der Waals surface area contributed by atoms with Crippen molar-refractivity contribution in [2.24, 2.45) is 5.73 Å². The molecule has 0 amide bonds. The van der Waals surface area contributed by atoms with Gasteiger partial charge >= 0.3 is 0 Å². The molecule has 0 bridgehead atoms. The fourth-order valence-corrected chi connectivity index (χ4v) is 3.08. The van der Waals surface area contributed by atoms with Crippen LogP contribution >= 0.6 is 15.9 Å². The van der Waals surface area contributed by atoms with Crippen LogP contribution in [0.1, 0.15) is 17.2 Å². The van der Waals surface area contributed by atoms with Gasteiger partial charge in [-0.15, -0.1) is 0 Å². The molecule has 3 aromatic rings. The van der Waals surface area contributed by atoms with Crippen LogP contribution in [0.4, 0.5) is 4.39 Å². The van der Waals surface area contributed by atoms with E-state index in [4.69, 9.17) is 5.73 Å². The maximum atomic E-state index is 13.9. The smallest absolute Gasteiger partial charge is 0.131 e. The third-order valence-electron chi connectivity index (χ3n) is 3.65. The van der Waals surface area contributed by atoms with Crippen molar-refractivity contribution >= 4 is 26.7 Å². The molecule has 0 aromatic heterocycles. The van der Waals surface area contributed by atoms with Crippen LogP contribution in [-0.4, -0.2) is 0 Å². The van der Waals surface area contributed by atoms with E-state index in [2.05, 4.69) is 28.1 Å². The zero-order valence-electron chi connectivity index (χ0n) is 11.4. The van der Waals surface area contributed by atoms with Gasteiger partial charge in [-0.25, -0.2) is 4.39 Å². The molecule has 0 heterocycles. The summed E-state index contributed by atoms with van der Waals surface area (Å²) in [4.78, 5) is 0. The van der Waals surface area contributed by atoms with Crippen molar-refractivity contribution in [1.82, 2.24) is 0 Å². The van der Waals surface area contributed by atoms with Crippen molar-refractivity contribution in [3.05, 3.63) is 82.1 Å². The molecule has 2 N–H and O–H groups in total. The molecule has 1 nitrogen and oxygen atoms in total. The van der Waals surface area contributed by atoms with Gasteiger partial charge in [0, 0.05) is 15.9 Å². The first-order valence-electron chi connectivity index (χ1n) is 6.82. The van der Waals surface area contributed by atoms with E-state index in [9.17, 15) is 4.39 Å². The van der Waals surface area contributed by atoms with Gasteiger partial charge in [0.15, 0.2) is 0 Å². The third-order valence-corrected chi connectivity index (χ3v) is 4.14. The van der Waals surface area contributed by atoms with Crippen molar-refractivity contribution in [2.45, 2.75) is 12.5 Å². The second kappa shape index (κ2) is 5.96. The van der Waals surface area contributed by atoms with Crippen molar-refractivity contribution < 1.29 is 4.39 Å². The lowest BCUT2D eigenvalue weighted by Crippen LogP contribution is -2.14. The number of hydrogen-bond donors (Lipinski definition) is 1. The molecule has 1 unspecified atom stereocenters. The average Bonchev–Trinajstić information content (AvgIpc) is 2.48. The fourth-order valence-electron chi connectivity index (χ4n) is 2.64. The first-order valence-corrected chi connectivity index (χ1v) is 7.61. The monoisotopic (exact) mass is 343 g/mol. The minimum atomic E-state index is -0.205. The molecule has 0 aliphatic rings. The maximum absolute atomic E-state index is 13.9. The number of fused-ring (bicyclic) bond motifs is 1. The number of hydrogen-bond acceptors (Lipinski definition) is 1. The van der Waals surface area contributed by atoms with Crippen molar-refractivity contribution in [3.8, 4) is 0 Å². The van der Waals surface area contributed by atoms with E-state index >= 15 is 0 Å². The lowest BCUT2D eigenvalue weighted by atomic mass is 9.94. The molecule has 3 aromatic carbocycles. The molecule has 21 heavy (non-hydrogen) atoms. The second-order valence-electron chi connectivity index (χ2n) is 5.12. The van der Waals surface area contributed by atoms with E-state index in [-0.39, 0.29) is 11.9 Å². The van der Waals surface area contributed by atoms with Crippen molar-refractivity contribution in [3.63, 3.8) is 0 Å². The normalized spacial score (nSPS) is 12.5. The molecule has 3 heteroatoms. The first-order chi connectivity index (χ1) is 10.1. The van der Waals surface area contributed by atoms with Gasteiger partial charge in [-0.05, 0) is 41.1 Å². The SMILES string of the molecule is NC(Cc1cccc(Br)c1)c1ccc(F)c2ccccc12. The minimum absolute atomic E-state index is 0.162. The molecule has 1 atom stereocenters. The Hall–Kier alpha value is -1.71. The van der Waals surface area contributed by atoms with Crippen molar-refractivity contribution in [2.75, 3.05) is 0 Å². The van der Waals surface area contributed by atoms with Gasteiger partial charge in [-0.1, -0.05) is 58.4 Å². The highest BCUT2D eigenvalue weighted by atomic mass is 79.9. The predicted octanol–water partition coefficient (Wildman–Crippen LogP) is 4.98. The topological polar surface area (TPSA) is 26.0 Å². The van der Waals surface area contributed by atoms with Crippen LogP contribution < -0.4 is 5.73 Å². The Morgan fingerprint density at radius 2 is 1.71 bits per heavy atom. The molecule has 0 fully saturated rings. The molecule has 106 valence electrons. The molecule has 0 saturated carbocycles. The Labute approximate surface area is 131 Å². The zero-order chi connectivity index (χ0) is 14.8. The summed E-state index contributed by atoms with van der Waals surface area (Å²) in [6.07, 6.45) is 0.717.